The second kappa shape index (κ2) is 4.19. The molecule has 1 aromatic heterocycles. The molecule has 1 aliphatic heterocycles. The van der Waals surface area contributed by atoms with Gasteiger partial charge in [-0.2, -0.15) is 4.68 Å². The van der Waals surface area contributed by atoms with Gasteiger partial charge in [0.05, 0.1) is 11.5 Å². The summed E-state index contributed by atoms with van der Waals surface area (Å²) in [6.07, 6.45) is 0.499. The number of nitro groups is 1. The second-order valence-corrected chi connectivity index (χ2v) is 6.49. The van der Waals surface area contributed by atoms with Crippen LogP contribution in [0.1, 0.15) is 6.42 Å². The van der Waals surface area contributed by atoms with Crippen LogP contribution in [0.15, 0.2) is 0 Å². The summed E-state index contributed by atoms with van der Waals surface area (Å²) in [5.41, 5.74) is 0. The average Bonchev–Trinajstić information content (AvgIpc) is 2.81. The maximum atomic E-state index is 11.4. The number of sulfone groups is 1. The van der Waals surface area contributed by atoms with Gasteiger partial charge in [0.1, 0.15) is 0 Å². The summed E-state index contributed by atoms with van der Waals surface area (Å²) < 4.78 is 24.1. The summed E-state index contributed by atoms with van der Waals surface area (Å²) >= 11 is 0. The molecule has 1 fully saturated rings. The number of aromatic nitrogens is 3. The molecule has 1 aromatic rings. The summed E-state index contributed by atoms with van der Waals surface area (Å²) in [7, 11) is 0.199. The Hall–Kier alpha value is -1.71. The Labute approximate surface area is 103 Å². The first kappa shape index (κ1) is 12.7. The Morgan fingerprint density at radius 1 is 1.56 bits per heavy atom. The van der Waals surface area contributed by atoms with Crippen molar-refractivity contribution in [3.63, 3.8) is 0 Å². The first-order valence-electron chi connectivity index (χ1n) is 5.29. The van der Waals surface area contributed by atoms with Crippen LogP contribution in [0.4, 0.5) is 11.9 Å². The standard InChI is InChI=1S/C8H13N5O4S/c1-11(6-3-4-18(16,17)5-6)8-9-7(13(14)15)10-12(8)2/h6H,3-5H2,1-2H3. The molecule has 0 aromatic carbocycles. The lowest BCUT2D eigenvalue weighted by Gasteiger charge is -2.20. The van der Waals surface area contributed by atoms with Crippen molar-refractivity contribution in [1.82, 2.24) is 14.8 Å². The summed E-state index contributed by atoms with van der Waals surface area (Å²) in [6, 6.07) is -0.211. The number of hydrogen-bond donors (Lipinski definition) is 0. The lowest BCUT2D eigenvalue weighted by atomic mass is 10.2. The van der Waals surface area contributed by atoms with Crippen molar-refractivity contribution < 1.29 is 13.3 Å². The van der Waals surface area contributed by atoms with Gasteiger partial charge in [0.15, 0.2) is 9.84 Å². The molecule has 100 valence electrons. The zero-order valence-electron chi connectivity index (χ0n) is 9.98. The van der Waals surface area contributed by atoms with Gasteiger partial charge in [-0.25, -0.2) is 8.42 Å². The third kappa shape index (κ3) is 2.28. The number of aryl methyl sites for hydroxylation is 1. The lowest BCUT2D eigenvalue weighted by Crippen LogP contribution is -2.34. The molecule has 0 saturated carbocycles. The van der Waals surface area contributed by atoms with Crippen LogP contribution >= 0.6 is 0 Å². The van der Waals surface area contributed by atoms with E-state index in [4.69, 9.17) is 0 Å². The molecule has 1 aliphatic rings. The van der Waals surface area contributed by atoms with Gasteiger partial charge in [-0.05, 0) is 16.3 Å². The third-order valence-corrected chi connectivity index (χ3v) is 4.71. The van der Waals surface area contributed by atoms with Crippen LogP contribution < -0.4 is 4.90 Å². The molecule has 2 heterocycles. The smallest absolute Gasteiger partial charge is 0.390 e. The molecule has 10 heteroatoms. The number of anilines is 1. The largest absolute Gasteiger partial charge is 0.493 e. The van der Waals surface area contributed by atoms with Gasteiger partial charge in [0.2, 0.25) is 0 Å². The van der Waals surface area contributed by atoms with Gasteiger partial charge in [0.25, 0.3) is 0 Å². The molecule has 18 heavy (non-hydrogen) atoms. The van der Waals surface area contributed by atoms with E-state index in [0.29, 0.717) is 12.4 Å². The van der Waals surface area contributed by atoms with E-state index in [0.717, 1.165) is 0 Å². The van der Waals surface area contributed by atoms with E-state index in [1.54, 1.807) is 11.9 Å². The van der Waals surface area contributed by atoms with Crippen molar-refractivity contribution in [3.8, 4) is 0 Å². The predicted molar refractivity (Wildman–Crippen MR) is 63.1 cm³/mol. The highest BCUT2D eigenvalue weighted by atomic mass is 32.2. The van der Waals surface area contributed by atoms with Gasteiger partial charge in [-0.15, -0.1) is 0 Å². The molecule has 0 radical (unpaired) electrons. The lowest BCUT2D eigenvalue weighted by molar-refractivity contribution is -0.394. The fourth-order valence-electron chi connectivity index (χ4n) is 1.99. The van der Waals surface area contributed by atoms with Gasteiger partial charge >= 0.3 is 11.9 Å². The van der Waals surface area contributed by atoms with Crippen LogP contribution in [0.5, 0.6) is 0 Å². The SMILES string of the molecule is CN(c1nc([N+](=O)[O-])nn1C)C1CCS(=O)(=O)C1. The molecule has 1 saturated heterocycles. The maximum Gasteiger partial charge on any atom is 0.493 e. The van der Waals surface area contributed by atoms with Gasteiger partial charge < -0.3 is 15.0 Å². The molecule has 0 bridgehead atoms. The van der Waals surface area contributed by atoms with E-state index in [1.807, 2.05) is 0 Å². The fourth-order valence-corrected chi connectivity index (χ4v) is 3.77. The summed E-state index contributed by atoms with van der Waals surface area (Å²) in [5, 5.41) is 14.2. The third-order valence-electron chi connectivity index (χ3n) is 2.96. The van der Waals surface area contributed by atoms with Crippen molar-refractivity contribution in [1.29, 1.82) is 0 Å². The highest BCUT2D eigenvalue weighted by molar-refractivity contribution is 7.91. The molecule has 0 N–H and O–H groups in total. The molecule has 2 rings (SSSR count). The van der Waals surface area contributed by atoms with E-state index in [2.05, 4.69) is 10.1 Å². The Kier molecular flexibility index (Phi) is 2.97. The second-order valence-electron chi connectivity index (χ2n) is 4.26. The molecule has 1 unspecified atom stereocenters. The minimum atomic E-state index is -3.00. The van der Waals surface area contributed by atoms with Crippen molar-refractivity contribution in [3.05, 3.63) is 10.1 Å². The Balaban J connectivity index is 2.24. The number of rotatable bonds is 3. The first-order valence-corrected chi connectivity index (χ1v) is 7.11. The van der Waals surface area contributed by atoms with E-state index >= 15 is 0 Å². The van der Waals surface area contributed by atoms with E-state index in [-0.39, 0.29) is 17.5 Å². The zero-order chi connectivity index (χ0) is 13.5. The van der Waals surface area contributed by atoms with Gasteiger partial charge in [0, 0.05) is 25.2 Å². The van der Waals surface area contributed by atoms with E-state index < -0.39 is 20.7 Å². The van der Waals surface area contributed by atoms with Gasteiger partial charge in [-0.3, -0.25) is 0 Å². The fraction of sp³-hybridized carbons (Fsp3) is 0.750. The van der Waals surface area contributed by atoms with Crippen molar-refractivity contribution in [2.45, 2.75) is 12.5 Å². The topological polar surface area (TPSA) is 111 Å². The van der Waals surface area contributed by atoms with Gasteiger partial charge in [-0.1, -0.05) is 0 Å². The van der Waals surface area contributed by atoms with Crippen molar-refractivity contribution >= 4 is 21.7 Å². The highest BCUT2D eigenvalue weighted by Gasteiger charge is 2.34. The monoisotopic (exact) mass is 275 g/mol. The van der Waals surface area contributed by atoms with Crippen LogP contribution in [0.2, 0.25) is 0 Å². The van der Waals surface area contributed by atoms with Crippen LogP contribution in [0.3, 0.4) is 0 Å². The summed E-state index contributed by atoms with van der Waals surface area (Å²) in [4.78, 5) is 15.3. The zero-order valence-corrected chi connectivity index (χ0v) is 10.8. The van der Waals surface area contributed by atoms with E-state index in [1.165, 1.54) is 11.7 Å². The molecule has 0 aliphatic carbocycles. The first-order chi connectivity index (χ1) is 8.30. The molecular formula is C8H13N5O4S. The Morgan fingerprint density at radius 2 is 2.22 bits per heavy atom. The van der Waals surface area contributed by atoms with Crippen LogP contribution in [0, 0.1) is 10.1 Å². The van der Waals surface area contributed by atoms with Crippen LogP contribution in [0.25, 0.3) is 0 Å². The summed E-state index contributed by atoms with van der Waals surface area (Å²) in [5.74, 6) is -0.00412. The summed E-state index contributed by atoms with van der Waals surface area (Å²) in [6.45, 7) is 0. The Bertz CT molecular complexity index is 580. The normalized spacial score (nSPS) is 22.0. The minimum Gasteiger partial charge on any atom is -0.390 e. The maximum absolute atomic E-state index is 11.4. The Morgan fingerprint density at radius 3 is 2.67 bits per heavy atom. The minimum absolute atomic E-state index is 0.0458. The highest BCUT2D eigenvalue weighted by Crippen LogP contribution is 2.22. The van der Waals surface area contributed by atoms with Crippen LogP contribution in [-0.2, 0) is 16.9 Å². The quantitative estimate of drug-likeness (QED) is 0.532. The molecular weight excluding hydrogens is 262 g/mol. The predicted octanol–water partition coefficient (Wildman–Crippen LogP) is -0.653. The van der Waals surface area contributed by atoms with Crippen LogP contribution in [-0.4, -0.2) is 52.7 Å². The molecule has 9 nitrogen and oxygen atoms in total. The average molecular weight is 275 g/mol. The van der Waals surface area contributed by atoms with Crippen molar-refractivity contribution in [2.24, 2.45) is 7.05 Å². The number of hydrogen-bond acceptors (Lipinski definition) is 7. The van der Waals surface area contributed by atoms with Crippen molar-refractivity contribution in [2.75, 3.05) is 23.5 Å². The number of nitrogens with zero attached hydrogens (tertiary/aromatic N) is 5. The molecule has 1 atom stereocenters. The molecule has 0 amide bonds. The molecule has 0 spiro atoms. The van der Waals surface area contributed by atoms with E-state index in [9.17, 15) is 18.5 Å².